The largest absolute Gasteiger partial charge is 0.545 e. The highest BCUT2D eigenvalue weighted by Gasteiger charge is 2.37. The summed E-state index contributed by atoms with van der Waals surface area (Å²) in [6.45, 7) is 0. The number of nitrogens with one attached hydrogen (secondary N) is 1. The van der Waals surface area contributed by atoms with Crippen molar-refractivity contribution in [1.29, 1.82) is 0 Å². The highest BCUT2D eigenvalue weighted by molar-refractivity contribution is 8.15. The minimum absolute atomic E-state index is 0.0181. The van der Waals surface area contributed by atoms with Crippen LogP contribution in [-0.2, 0) is 9.59 Å². The number of rotatable bonds is 6. The second-order valence-electron chi connectivity index (χ2n) is 6.22. The Morgan fingerprint density at radius 2 is 1.97 bits per heavy atom. The molecule has 150 valence electrons. The maximum absolute atomic E-state index is 12.5. The van der Waals surface area contributed by atoms with Gasteiger partial charge in [-0.25, -0.2) is 4.99 Å². The van der Waals surface area contributed by atoms with Crippen molar-refractivity contribution in [2.24, 2.45) is 4.99 Å². The Bertz CT molecular complexity index is 974. The molecule has 1 saturated heterocycles. The van der Waals surface area contributed by atoms with Crippen LogP contribution in [0, 0.1) is 0 Å². The molecule has 1 aliphatic heterocycles. The minimum Gasteiger partial charge on any atom is -0.545 e. The van der Waals surface area contributed by atoms with E-state index in [0.717, 1.165) is 0 Å². The van der Waals surface area contributed by atoms with Crippen molar-refractivity contribution in [3.8, 4) is 5.75 Å². The second-order valence-corrected chi connectivity index (χ2v) is 7.39. The molecule has 29 heavy (non-hydrogen) atoms. The van der Waals surface area contributed by atoms with E-state index in [1.807, 2.05) is 0 Å². The number of aromatic carboxylic acids is 1. The average Bonchev–Trinajstić information content (AvgIpc) is 2.96. The van der Waals surface area contributed by atoms with Gasteiger partial charge >= 0.3 is 0 Å². The normalized spacial score (nSPS) is 17.4. The first-order chi connectivity index (χ1) is 13.9. The number of amides is 2. The van der Waals surface area contributed by atoms with E-state index in [1.165, 1.54) is 40.9 Å². The Labute approximate surface area is 171 Å². The molecule has 3 rings (SSSR count). The van der Waals surface area contributed by atoms with Crippen LogP contribution in [0.1, 0.15) is 16.8 Å². The first kappa shape index (κ1) is 20.4. The van der Waals surface area contributed by atoms with Gasteiger partial charge in [0.05, 0.1) is 18.8 Å². The lowest BCUT2D eigenvalue weighted by Crippen LogP contribution is -2.30. The fourth-order valence-corrected chi connectivity index (χ4v) is 3.81. The summed E-state index contributed by atoms with van der Waals surface area (Å²) in [6, 6.07) is 12.8. The molecule has 1 N–H and O–H groups in total. The molecule has 0 radical (unpaired) electrons. The van der Waals surface area contributed by atoms with Crippen molar-refractivity contribution in [1.82, 2.24) is 4.90 Å². The molecular weight excluding hydrogens is 394 g/mol. The summed E-state index contributed by atoms with van der Waals surface area (Å²) >= 11 is 1.22. The molecule has 2 aromatic rings. The molecule has 1 atom stereocenters. The molecule has 2 aromatic carbocycles. The van der Waals surface area contributed by atoms with Gasteiger partial charge in [-0.15, -0.1) is 0 Å². The van der Waals surface area contributed by atoms with E-state index in [9.17, 15) is 19.5 Å². The second kappa shape index (κ2) is 8.78. The summed E-state index contributed by atoms with van der Waals surface area (Å²) in [6.07, 6.45) is -0.0345. The van der Waals surface area contributed by atoms with Crippen LogP contribution < -0.4 is 15.2 Å². The number of aliphatic imine (C=N–C) groups is 1. The van der Waals surface area contributed by atoms with E-state index < -0.39 is 11.2 Å². The van der Waals surface area contributed by atoms with Gasteiger partial charge in [-0.1, -0.05) is 30.0 Å². The van der Waals surface area contributed by atoms with E-state index in [-0.39, 0.29) is 23.8 Å². The van der Waals surface area contributed by atoms with Crippen LogP contribution in [0.25, 0.3) is 0 Å². The van der Waals surface area contributed by atoms with Gasteiger partial charge in [0.2, 0.25) is 11.8 Å². The SMILES string of the molecule is COc1cccc(N=C2S[C@@H](CC(=O)Nc3ccc(C(=O)[O-])cc3)C(=O)N2C)c1. The van der Waals surface area contributed by atoms with Crippen LogP contribution in [0.3, 0.4) is 0 Å². The molecule has 0 saturated carbocycles. The number of hydrogen-bond donors (Lipinski definition) is 1. The summed E-state index contributed by atoms with van der Waals surface area (Å²) in [7, 11) is 3.18. The molecule has 0 unspecified atom stereocenters. The van der Waals surface area contributed by atoms with Crippen molar-refractivity contribution in [2.45, 2.75) is 11.7 Å². The molecule has 8 nitrogen and oxygen atoms in total. The van der Waals surface area contributed by atoms with Crippen LogP contribution >= 0.6 is 11.8 Å². The van der Waals surface area contributed by atoms with Gasteiger partial charge in [0, 0.05) is 25.2 Å². The van der Waals surface area contributed by atoms with E-state index in [1.54, 1.807) is 38.4 Å². The van der Waals surface area contributed by atoms with Crippen LogP contribution in [0.2, 0.25) is 0 Å². The summed E-state index contributed by atoms with van der Waals surface area (Å²) in [5, 5.41) is 13.3. The van der Waals surface area contributed by atoms with Crippen LogP contribution in [-0.4, -0.2) is 47.3 Å². The Kier molecular flexibility index (Phi) is 6.18. The van der Waals surface area contributed by atoms with Crippen molar-refractivity contribution in [2.75, 3.05) is 19.5 Å². The quantitative estimate of drug-likeness (QED) is 0.772. The van der Waals surface area contributed by atoms with Crippen molar-refractivity contribution < 1.29 is 24.2 Å². The van der Waals surface area contributed by atoms with Crippen LogP contribution in [0.4, 0.5) is 11.4 Å². The number of carboxylic acids is 1. The molecule has 1 heterocycles. The molecule has 1 aliphatic rings. The van der Waals surface area contributed by atoms with E-state index >= 15 is 0 Å². The van der Waals surface area contributed by atoms with Crippen molar-refractivity contribution >= 4 is 46.1 Å². The number of carboxylic acid groups (broad SMARTS) is 1. The minimum atomic E-state index is -1.29. The summed E-state index contributed by atoms with van der Waals surface area (Å²) in [5.74, 6) is -1.20. The van der Waals surface area contributed by atoms with Gasteiger partial charge in [0.15, 0.2) is 5.17 Å². The number of ether oxygens (including phenoxy) is 1. The summed E-state index contributed by atoms with van der Waals surface area (Å²) in [4.78, 5) is 41.5. The lowest BCUT2D eigenvalue weighted by atomic mass is 10.2. The zero-order valence-electron chi connectivity index (χ0n) is 15.7. The topological polar surface area (TPSA) is 111 Å². The number of carbonyl (C=O) groups is 3. The number of carbonyl (C=O) groups excluding carboxylic acids is 3. The molecule has 0 spiro atoms. The number of hydrogen-bond acceptors (Lipinski definition) is 7. The maximum atomic E-state index is 12.5. The number of nitrogens with zero attached hydrogens (tertiary/aromatic N) is 2. The Morgan fingerprint density at radius 1 is 1.24 bits per heavy atom. The lowest BCUT2D eigenvalue weighted by Gasteiger charge is -2.10. The number of benzene rings is 2. The predicted molar refractivity (Wildman–Crippen MR) is 108 cm³/mol. The van der Waals surface area contributed by atoms with E-state index in [4.69, 9.17) is 4.74 Å². The predicted octanol–water partition coefficient (Wildman–Crippen LogP) is 1.65. The van der Waals surface area contributed by atoms with E-state index in [2.05, 4.69) is 10.3 Å². The lowest BCUT2D eigenvalue weighted by molar-refractivity contribution is -0.255. The van der Waals surface area contributed by atoms with Gasteiger partial charge in [-0.3, -0.25) is 14.5 Å². The number of methoxy groups -OCH3 is 1. The fraction of sp³-hybridized carbons (Fsp3) is 0.200. The third kappa shape index (κ3) is 4.94. The molecule has 0 bridgehead atoms. The molecule has 0 aliphatic carbocycles. The van der Waals surface area contributed by atoms with Gasteiger partial charge in [0.1, 0.15) is 11.0 Å². The fourth-order valence-electron chi connectivity index (χ4n) is 2.66. The molecule has 2 amide bonds. The van der Waals surface area contributed by atoms with Gasteiger partial charge in [-0.2, -0.15) is 0 Å². The monoisotopic (exact) mass is 412 g/mol. The molecular formula is C20H18N3O5S-. The standard InChI is InChI=1S/C20H19N3O5S/c1-23-18(25)16(29-20(23)22-14-4-3-5-15(10-14)28-2)11-17(24)21-13-8-6-12(7-9-13)19(26)27/h3-10,16H,11H2,1-2H3,(H,21,24)(H,26,27)/p-1/t16-/m0/s1. The van der Waals surface area contributed by atoms with Crippen molar-refractivity contribution in [3.05, 3.63) is 54.1 Å². The zero-order valence-corrected chi connectivity index (χ0v) is 16.6. The zero-order chi connectivity index (χ0) is 21.0. The summed E-state index contributed by atoms with van der Waals surface area (Å²) in [5.41, 5.74) is 1.10. The third-order valence-electron chi connectivity index (χ3n) is 4.19. The molecule has 1 fully saturated rings. The Morgan fingerprint density at radius 3 is 2.62 bits per heavy atom. The Hall–Kier alpha value is -3.33. The number of anilines is 1. The number of thioether (sulfide) groups is 1. The van der Waals surface area contributed by atoms with Gasteiger partial charge in [0.25, 0.3) is 0 Å². The first-order valence-electron chi connectivity index (χ1n) is 8.65. The summed E-state index contributed by atoms with van der Waals surface area (Å²) < 4.78 is 5.17. The first-order valence-corrected chi connectivity index (χ1v) is 9.53. The molecule has 9 heteroatoms. The Balaban J connectivity index is 1.65. The highest BCUT2D eigenvalue weighted by atomic mass is 32.2. The van der Waals surface area contributed by atoms with Crippen molar-refractivity contribution in [3.63, 3.8) is 0 Å². The molecule has 0 aromatic heterocycles. The maximum Gasteiger partial charge on any atom is 0.242 e. The van der Waals surface area contributed by atoms with Crippen LogP contribution in [0.5, 0.6) is 5.75 Å². The van der Waals surface area contributed by atoms with E-state index in [0.29, 0.717) is 22.3 Å². The number of amidine groups is 1. The van der Waals surface area contributed by atoms with Gasteiger partial charge in [-0.05, 0) is 29.8 Å². The average molecular weight is 412 g/mol. The van der Waals surface area contributed by atoms with Gasteiger partial charge < -0.3 is 20.0 Å². The highest BCUT2D eigenvalue weighted by Crippen LogP contribution is 2.31. The smallest absolute Gasteiger partial charge is 0.242 e. The van der Waals surface area contributed by atoms with Crippen LogP contribution in [0.15, 0.2) is 53.5 Å². The third-order valence-corrected chi connectivity index (χ3v) is 5.42.